The molecule has 0 aromatic heterocycles. The highest BCUT2D eigenvalue weighted by atomic mass is 35.5. The van der Waals surface area contributed by atoms with Crippen molar-refractivity contribution >= 4 is 30.7 Å². The van der Waals surface area contributed by atoms with Crippen LogP contribution in [0.3, 0.4) is 0 Å². The quantitative estimate of drug-likeness (QED) is 0.482. The number of ether oxygens (including phenoxy) is 2. The van der Waals surface area contributed by atoms with Gasteiger partial charge in [0.25, 0.3) is 5.91 Å². The van der Waals surface area contributed by atoms with Crippen LogP contribution in [0.5, 0.6) is 11.5 Å². The number of nitrogens with zero attached hydrogens (tertiary/aromatic N) is 3. The Hall–Kier alpha value is -2.14. The zero-order valence-corrected chi connectivity index (χ0v) is 24.4. The molecule has 1 fully saturated rings. The monoisotopic (exact) mass is 599 g/mol. The molecule has 11 heteroatoms. The summed E-state index contributed by atoms with van der Waals surface area (Å²) in [5, 5.41) is 20.0. The van der Waals surface area contributed by atoms with Gasteiger partial charge < -0.3 is 24.6 Å². The lowest BCUT2D eigenvalue weighted by molar-refractivity contribution is 0.0166. The third-order valence-electron chi connectivity index (χ3n) is 7.66. The van der Waals surface area contributed by atoms with Crippen LogP contribution in [0.4, 0.5) is 4.39 Å². The summed E-state index contributed by atoms with van der Waals surface area (Å²) < 4.78 is 26.7. The van der Waals surface area contributed by atoms with Crippen molar-refractivity contribution in [2.45, 2.75) is 50.8 Å². The minimum atomic E-state index is -1.17. The molecular weight excluding hydrogens is 560 g/mol. The van der Waals surface area contributed by atoms with Crippen molar-refractivity contribution in [3.8, 4) is 11.5 Å². The van der Waals surface area contributed by atoms with Crippen LogP contribution < -0.4 is 9.47 Å². The average Bonchev–Trinajstić information content (AvgIpc) is 3.00. The molecule has 0 aliphatic carbocycles. The summed E-state index contributed by atoms with van der Waals surface area (Å²) in [6, 6.07) is 13.4. The zero-order chi connectivity index (χ0) is 26.6. The summed E-state index contributed by atoms with van der Waals surface area (Å²) in [6.45, 7) is 6.00. The summed E-state index contributed by atoms with van der Waals surface area (Å²) in [6.07, 6.45) is -1.24. The lowest BCUT2D eigenvalue weighted by Crippen LogP contribution is -2.47. The standard InChI is InChI=1S/C29H38FN3O5.2ClH/c1-20-15-33(18-23(35)17-32-10-8-21-4-2-3-5-22(21)16-32)29(36)25-7-6-24(14-28(25)37-20)38-27-9-11-31(12-13-34)19-26(27)30;;/h2-7,14,20,23,26-27,34-35H,8-13,15-19H2,1H3;2*1H/t20-,23?,26-,27-;;/m1../s1. The number of fused-ring (bicyclic) bond motifs is 2. The smallest absolute Gasteiger partial charge is 0.257 e. The van der Waals surface area contributed by atoms with Gasteiger partial charge in [0.05, 0.1) is 24.8 Å². The number of β-amino-alcohol motifs (C(OH)–C–C–N with tert-alkyl or cyclic N) is 2. The molecule has 2 aromatic rings. The molecule has 4 atom stereocenters. The molecule has 1 unspecified atom stereocenters. The Morgan fingerprint density at radius 1 is 1.07 bits per heavy atom. The van der Waals surface area contributed by atoms with E-state index in [-0.39, 0.29) is 56.5 Å². The zero-order valence-electron chi connectivity index (χ0n) is 22.8. The number of piperidine rings is 1. The van der Waals surface area contributed by atoms with Gasteiger partial charge in [-0.1, -0.05) is 24.3 Å². The number of halogens is 3. The van der Waals surface area contributed by atoms with E-state index in [1.807, 2.05) is 17.9 Å². The molecular formula is C29H40Cl2FN3O5. The number of likely N-dealkylation sites (tertiary alicyclic amines) is 1. The third kappa shape index (κ3) is 7.78. The number of benzene rings is 2. The second-order valence-corrected chi connectivity index (χ2v) is 10.7. The lowest BCUT2D eigenvalue weighted by atomic mass is 10.00. The van der Waals surface area contributed by atoms with Crippen molar-refractivity contribution < 1.29 is 28.9 Å². The Balaban J connectivity index is 0.00000220. The Labute approximate surface area is 247 Å². The highest BCUT2D eigenvalue weighted by Gasteiger charge is 2.32. The van der Waals surface area contributed by atoms with Crippen molar-refractivity contribution in [3.05, 3.63) is 59.2 Å². The number of alkyl halides is 1. The molecule has 5 rings (SSSR count). The van der Waals surface area contributed by atoms with Crippen molar-refractivity contribution in [1.29, 1.82) is 0 Å². The molecule has 40 heavy (non-hydrogen) atoms. The number of aliphatic hydroxyl groups excluding tert-OH is 2. The third-order valence-corrected chi connectivity index (χ3v) is 7.66. The molecule has 3 aliphatic rings. The summed E-state index contributed by atoms with van der Waals surface area (Å²) in [4.78, 5) is 19.2. The van der Waals surface area contributed by atoms with Gasteiger partial charge in [-0.2, -0.15) is 0 Å². The summed E-state index contributed by atoms with van der Waals surface area (Å²) in [7, 11) is 0. The van der Waals surface area contributed by atoms with E-state index in [4.69, 9.17) is 14.6 Å². The molecule has 2 N–H and O–H groups in total. The average molecular weight is 601 g/mol. The minimum Gasteiger partial charge on any atom is -0.488 e. The van der Waals surface area contributed by atoms with E-state index >= 15 is 0 Å². The fourth-order valence-corrected chi connectivity index (χ4v) is 5.74. The summed E-state index contributed by atoms with van der Waals surface area (Å²) >= 11 is 0. The van der Waals surface area contributed by atoms with E-state index in [1.54, 1.807) is 23.1 Å². The van der Waals surface area contributed by atoms with E-state index in [9.17, 15) is 14.3 Å². The molecule has 2 aromatic carbocycles. The molecule has 8 nitrogen and oxygen atoms in total. The number of carbonyl (C=O) groups excluding carboxylic acids is 1. The minimum absolute atomic E-state index is 0. The van der Waals surface area contributed by atoms with Gasteiger partial charge in [-0.25, -0.2) is 4.39 Å². The molecule has 0 spiro atoms. The Morgan fingerprint density at radius 2 is 1.85 bits per heavy atom. The van der Waals surface area contributed by atoms with Gasteiger partial charge in [-0.15, -0.1) is 24.8 Å². The maximum absolute atomic E-state index is 14.7. The first-order valence-corrected chi connectivity index (χ1v) is 13.6. The molecule has 0 bridgehead atoms. The van der Waals surface area contributed by atoms with Crippen molar-refractivity contribution in [2.75, 3.05) is 52.4 Å². The molecule has 0 radical (unpaired) electrons. The van der Waals surface area contributed by atoms with Gasteiger partial charge in [-0.05, 0) is 43.0 Å². The summed E-state index contributed by atoms with van der Waals surface area (Å²) in [5.41, 5.74) is 3.07. The van der Waals surface area contributed by atoms with Gasteiger partial charge in [0, 0.05) is 51.9 Å². The molecule has 3 aliphatic heterocycles. The molecule has 222 valence electrons. The predicted molar refractivity (Wildman–Crippen MR) is 156 cm³/mol. The van der Waals surface area contributed by atoms with Crippen LogP contribution in [0.15, 0.2) is 42.5 Å². The fraction of sp³-hybridized carbons (Fsp3) is 0.552. The fourth-order valence-electron chi connectivity index (χ4n) is 5.74. The van der Waals surface area contributed by atoms with Gasteiger partial charge in [0.15, 0.2) is 0 Å². The number of carbonyl (C=O) groups is 1. The molecule has 0 saturated carbocycles. The van der Waals surface area contributed by atoms with Crippen LogP contribution in [-0.2, 0) is 13.0 Å². The second-order valence-electron chi connectivity index (χ2n) is 10.7. The highest BCUT2D eigenvalue weighted by molar-refractivity contribution is 5.97. The maximum Gasteiger partial charge on any atom is 0.257 e. The van der Waals surface area contributed by atoms with E-state index < -0.39 is 18.4 Å². The largest absolute Gasteiger partial charge is 0.488 e. The van der Waals surface area contributed by atoms with Crippen LogP contribution in [-0.4, -0.2) is 108 Å². The molecule has 1 saturated heterocycles. The normalized spacial score (nSPS) is 23.9. The Kier molecular flexibility index (Phi) is 11.9. The van der Waals surface area contributed by atoms with Crippen molar-refractivity contribution in [1.82, 2.24) is 14.7 Å². The topological polar surface area (TPSA) is 85.7 Å². The van der Waals surface area contributed by atoms with Crippen LogP contribution >= 0.6 is 24.8 Å². The van der Waals surface area contributed by atoms with Crippen LogP contribution in [0.2, 0.25) is 0 Å². The predicted octanol–water partition coefficient (Wildman–Crippen LogP) is 2.96. The van der Waals surface area contributed by atoms with Crippen LogP contribution in [0.25, 0.3) is 0 Å². The lowest BCUT2D eigenvalue weighted by Gasteiger charge is -2.34. The van der Waals surface area contributed by atoms with E-state index in [0.717, 1.165) is 19.5 Å². The van der Waals surface area contributed by atoms with Crippen molar-refractivity contribution in [2.24, 2.45) is 0 Å². The number of hydrogen-bond donors (Lipinski definition) is 2. The first-order valence-electron chi connectivity index (χ1n) is 13.6. The van der Waals surface area contributed by atoms with E-state index in [1.165, 1.54) is 11.1 Å². The molecule has 1 amide bonds. The first-order chi connectivity index (χ1) is 18.4. The maximum atomic E-state index is 14.7. The van der Waals surface area contributed by atoms with E-state index in [2.05, 4.69) is 23.1 Å². The van der Waals surface area contributed by atoms with Crippen molar-refractivity contribution in [3.63, 3.8) is 0 Å². The van der Waals surface area contributed by atoms with Gasteiger partial charge in [-0.3, -0.25) is 14.6 Å². The number of hydrogen-bond acceptors (Lipinski definition) is 7. The Morgan fingerprint density at radius 3 is 2.60 bits per heavy atom. The van der Waals surface area contributed by atoms with Gasteiger partial charge in [0.1, 0.15) is 29.9 Å². The number of aliphatic hydroxyl groups is 2. The van der Waals surface area contributed by atoms with Crippen LogP contribution in [0.1, 0.15) is 34.8 Å². The SMILES string of the molecule is C[C@@H]1CN(CC(O)CN2CCc3ccccc3C2)C(=O)c2ccc(O[C@@H]3CCN(CCO)C[C@H]3F)cc2O1.Cl.Cl. The van der Waals surface area contributed by atoms with Crippen LogP contribution in [0, 0.1) is 0 Å². The number of rotatable bonds is 8. The second kappa shape index (κ2) is 14.7. The van der Waals surface area contributed by atoms with E-state index in [0.29, 0.717) is 49.7 Å². The first kappa shape index (κ1) is 32.4. The number of amides is 1. The van der Waals surface area contributed by atoms with Gasteiger partial charge >= 0.3 is 0 Å². The summed E-state index contributed by atoms with van der Waals surface area (Å²) in [5.74, 6) is 0.684. The highest BCUT2D eigenvalue weighted by Crippen LogP contribution is 2.31. The molecule has 3 heterocycles. The Bertz CT molecular complexity index is 1130. The van der Waals surface area contributed by atoms with Gasteiger partial charge in [0.2, 0.25) is 0 Å².